The van der Waals surface area contributed by atoms with Crippen molar-refractivity contribution in [3.8, 4) is 0 Å². The molecule has 5 nitrogen and oxygen atoms in total. The van der Waals surface area contributed by atoms with Gasteiger partial charge in [-0.2, -0.15) is 0 Å². The lowest BCUT2D eigenvalue weighted by atomic mass is 9.95. The van der Waals surface area contributed by atoms with Crippen LogP contribution in [-0.4, -0.2) is 30.6 Å². The van der Waals surface area contributed by atoms with Gasteiger partial charge in [0.1, 0.15) is 0 Å². The summed E-state index contributed by atoms with van der Waals surface area (Å²) in [7, 11) is 1.58. The zero-order valence-corrected chi connectivity index (χ0v) is 14.0. The van der Waals surface area contributed by atoms with E-state index in [9.17, 15) is 9.59 Å². The molecular formula is C15H16Cl2N2O3. The predicted octanol–water partition coefficient (Wildman–Crippen LogP) is 3.53. The number of hydrogen-bond donors (Lipinski definition) is 1. The fourth-order valence-electron chi connectivity index (χ4n) is 2.29. The number of carbonyl (C=O) groups is 2. The molecular weight excluding hydrogens is 327 g/mol. The fraction of sp³-hybridized carbons (Fsp3) is 0.333. The summed E-state index contributed by atoms with van der Waals surface area (Å²) in [4.78, 5) is 25.7. The van der Waals surface area contributed by atoms with E-state index >= 15 is 0 Å². The van der Waals surface area contributed by atoms with Crippen LogP contribution >= 0.6 is 23.2 Å². The van der Waals surface area contributed by atoms with E-state index in [1.165, 1.54) is 4.90 Å². The van der Waals surface area contributed by atoms with Gasteiger partial charge in [0.15, 0.2) is 0 Å². The van der Waals surface area contributed by atoms with Gasteiger partial charge in [-0.15, -0.1) is 0 Å². The zero-order chi connectivity index (χ0) is 16.4. The number of allylic oxidation sites excluding steroid dienone is 1. The first-order valence-corrected chi connectivity index (χ1v) is 7.50. The second-order valence-electron chi connectivity index (χ2n) is 4.80. The smallest absolute Gasteiger partial charge is 0.338 e. The van der Waals surface area contributed by atoms with Crippen molar-refractivity contribution in [3.63, 3.8) is 0 Å². The van der Waals surface area contributed by atoms with Crippen molar-refractivity contribution in [2.45, 2.75) is 19.9 Å². The minimum absolute atomic E-state index is 0.239. The number of esters is 1. The molecule has 0 unspecified atom stereocenters. The molecule has 1 heterocycles. The van der Waals surface area contributed by atoms with Gasteiger partial charge in [-0.25, -0.2) is 9.59 Å². The van der Waals surface area contributed by atoms with E-state index in [1.807, 2.05) is 0 Å². The summed E-state index contributed by atoms with van der Waals surface area (Å²) in [6, 6.07) is 4.05. The van der Waals surface area contributed by atoms with Gasteiger partial charge >= 0.3 is 12.0 Å². The normalized spacial score (nSPS) is 18.3. The first-order valence-electron chi connectivity index (χ1n) is 6.74. The Morgan fingerprint density at radius 2 is 2.09 bits per heavy atom. The number of benzene rings is 1. The highest BCUT2D eigenvalue weighted by Gasteiger charge is 2.36. The molecule has 1 aromatic carbocycles. The van der Waals surface area contributed by atoms with Crippen molar-refractivity contribution in [3.05, 3.63) is 45.1 Å². The third kappa shape index (κ3) is 2.91. The van der Waals surface area contributed by atoms with Gasteiger partial charge in [0.2, 0.25) is 0 Å². The Kier molecular flexibility index (Phi) is 4.98. The van der Waals surface area contributed by atoms with Crippen LogP contribution in [0.1, 0.15) is 25.5 Å². The van der Waals surface area contributed by atoms with Crippen molar-refractivity contribution >= 4 is 35.2 Å². The third-order valence-corrected chi connectivity index (χ3v) is 4.38. The number of nitrogens with one attached hydrogen (secondary N) is 1. The number of nitrogens with zero attached hydrogens (tertiary/aromatic N) is 1. The quantitative estimate of drug-likeness (QED) is 0.855. The standard InChI is InChI=1S/C15H16Cl2N2O3/c1-4-22-14(20)11-8(2)19(3)15(21)18-13(11)9-6-5-7-10(16)12(9)17/h5-7,13H,4H2,1-3H3,(H,18,21)/t13-/m0/s1. The molecule has 0 bridgehead atoms. The van der Waals surface area contributed by atoms with Crippen molar-refractivity contribution in [2.75, 3.05) is 13.7 Å². The highest BCUT2D eigenvalue weighted by molar-refractivity contribution is 6.42. The molecule has 1 atom stereocenters. The van der Waals surface area contributed by atoms with E-state index < -0.39 is 12.0 Å². The minimum atomic E-state index is -0.700. The first-order chi connectivity index (χ1) is 10.4. The van der Waals surface area contributed by atoms with E-state index in [0.717, 1.165) is 0 Å². The van der Waals surface area contributed by atoms with Crippen LogP contribution in [0.3, 0.4) is 0 Å². The van der Waals surface area contributed by atoms with Crippen molar-refractivity contribution in [1.29, 1.82) is 0 Å². The van der Waals surface area contributed by atoms with Crippen LogP contribution in [0, 0.1) is 0 Å². The second-order valence-corrected chi connectivity index (χ2v) is 5.59. The highest BCUT2D eigenvalue weighted by atomic mass is 35.5. The summed E-state index contributed by atoms with van der Waals surface area (Å²) < 4.78 is 5.11. The number of ether oxygens (including phenoxy) is 1. The molecule has 0 aromatic heterocycles. The van der Waals surface area contributed by atoms with E-state index in [4.69, 9.17) is 27.9 Å². The molecule has 0 radical (unpaired) electrons. The Hall–Kier alpha value is -1.72. The van der Waals surface area contributed by atoms with Crippen LogP contribution in [0.4, 0.5) is 4.79 Å². The van der Waals surface area contributed by atoms with Crippen LogP contribution in [-0.2, 0) is 9.53 Å². The summed E-state index contributed by atoms with van der Waals surface area (Å²) in [5, 5.41) is 3.41. The van der Waals surface area contributed by atoms with Crippen molar-refractivity contribution < 1.29 is 14.3 Å². The zero-order valence-electron chi connectivity index (χ0n) is 12.4. The topological polar surface area (TPSA) is 58.6 Å². The maximum absolute atomic E-state index is 12.3. The Bertz CT molecular complexity index is 658. The molecule has 1 aliphatic heterocycles. The van der Waals surface area contributed by atoms with Crippen LogP contribution < -0.4 is 5.32 Å². The van der Waals surface area contributed by atoms with E-state index in [2.05, 4.69) is 5.32 Å². The molecule has 118 valence electrons. The summed E-state index contributed by atoms with van der Waals surface area (Å²) in [5.74, 6) is -0.493. The van der Waals surface area contributed by atoms with Crippen molar-refractivity contribution in [1.82, 2.24) is 10.2 Å². The van der Waals surface area contributed by atoms with Crippen molar-refractivity contribution in [2.24, 2.45) is 0 Å². The number of rotatable bonds is 3. The van der Waals surface area contributed by atoms with Crippen LogP contribution in [0.25, 0.3) is 0 Å². The van der Waals surface area contributed by atoms with Gasteiger partial charge in [0.05, 0.1) is 28.3 Å². The van der Waals surface area contributed by atoms with Crippen LogP contribution in [0.15, 0.2) is 29.5 Å². The summed E-state index contributed by atoms with van der Waals surface area (Å²) in [5.41, 5.74) is 1.41. The van der Waals surface area contributed by atoms with Gasteiger partial charge in [-0.05, 0) is 25.5 Å². The molecule has 2 amide bonds. The highest BCUT2D eigenvalue weighted by Crippen LogP contribution is 2.37. The lowest BCUT2D eigenvalue weighted by Gasteiger charge is -2.33. The van der Waals surface area contributed by atoms with Gasteiger partial charge in [0.25, 0.3) is 0 Å². The molecule has 0 spiro atoms. The molecule has 1 N–H and O–H groups in total. The van der Waals surface area contributed by atoms with E-state index in [1.54, 1.807) is 39.1 Å². The van der Waals surface area contributed by atoms with Crippen LogP contribution in [0.2, 0.25) is 10.0 Å². The van der Waals surface area contributed by atoms with E-state index in [0.29, 0.717) is 26.9 Å². The average molecular weight is 343 g/mol. The Morgan fingerprint density at radius 3 is 2.73 bits per heavy atom. The molecule has 1 aliphatic rings. The minimum Gasteiger partial charge on any atom is -0.463 e. The number of urea groups is 1. The SMILES string of the molecule is CCOC(=O)C1=C(C)N(C)C(=O)N[C@H]1c1cccc(Cl)c1Cl. The number of halogens is 2. The molecule has 2 rings (SSSR count). The lowest BCUT2D eigenvalue weighted by molar-refractivity contribution is -0.139. The summed E-state index contributed by atoms with van der Waals surface area (Å²) >= 11 is 12.3. The monoisotopic (exact) mass is 342 g/mol. The van der Waals surface area contributed by atoms with Gasteiger partial charge in [-0.1, -0.05) is 35.3 Å². The molecule has 1 aromatic rings. The largest absolute Gasteiger partial charge is 0.463 e. The molecule has 22 heavy (non-hydrogen) atoms. The predicted molar refractivity (Wildman–Crippen MR) is 84.8 cm³/mol. The molecule has 0 fully saturated rings. The lowest BCUT2D eigenvalue weighted by Crippen LogP contribution is -2.46. The Morgan fingerprint density at radius 1 is 1.41 bits per heavy atom. The second kappa shape index (κ2) is 6.58. The van der Waals surface area contributed by atoms with Gasteiger partial charge < -0.3 is 15.0 Å². The Balaban J connectivity index is 2.58. The molecule has 0 saturated carbocycles. The van der Waals surface area contributed by atoms with Crippen LogP contribution in [0.5, 0.6) is 0 Å². The van der Waals surface area contributed by atoms with Gasteiger partial charge in [-0.3, -0.25) is 0 Å². The van der Waals surface area contributed by atoms with E-state index in [-0.39, 0.29) is 12.6 Å². The molecule has 7 heteroatoms. The third-order valence-electron chi connectivity index (χ3n) is 3.54. The Labute approximate surface area is 138 Å². The maximum Gasteiger partial charge on any atom is 0.338 e. The summed E-state index contributed by atoms with van der Waals surface area (Å²) in [6.45, 7) is 3.65. The number of amides is 2. The summed E-state index contributed by atoms with van der Waals surface area (Å²) in [6.07, 6.45) is 0. The average Bonchev–Trinajstić information content (AvgIpc) is 2.47. The maximum atomic E-state index is 12.3. The number of carbonyl (C=O) groups excluding carboxylic acids is 2. The van der Waals surface area contributed by atoms with Gasteiger partial charge in [0, 0.05) is 12.7 Å². The number of hydrogen-bond acceptors (Lipinski definition) is 3. The first kappa shape index (κ1) is 16.6. The molecule has 0 saturated heterocycles. The fourth-order valence-corrected chi connectivity index (χ4v) is 2.70. The molecule has 0 aliphatic carbocycles.